The first-order chi connectivity index (χ1) is 9.63. The van der Waals surface area contributed by atoms with Gasteiger partial charge in [-0.05, 0) is 59.7 Å². The lowest BCUT2D eigenvalue weighted by Gasteiger charge is -2.10. The van der Waals surface area contributed by atoms with Gasteiger partial charge in [-0.3, -0.25) is 0 Å². The van der Waals surface area contributed by atoms with Gasteiger partial charge in [0.15, 0.2) is 0 Å². The van der Waals surface area contributed by atoms with Crippen molar-refractivity contribution < 1.29 is 9.90 Å². The van der Waals surface area contributed by atoms with Crippen LogP contribution in [0.15, 0.2) is 47.8 Å². The van der Waals surface area contributed by atoms with E-state index in [4.69, 9.17) is 0 Å². The van der Waals surface area contributed by atoms with Crippen LogP contribution < -0.4 is 5.32 Å². The summed E-state index contributed by atoms with van der Waals surface area (Å²) in [5.41, 5.74) is 2.81. The number of thiophene rings is 1. The first-order valence-electron chi connectivity index (χ1n) is 6.22. The van der Waals surface area contributed by atoms with E-state index in [1.807, 2.05) is 36.6 Å². The summed E-state index contributed by atoms with van der Waals surface area (Å²) in [6, 6.07) is 13.4. The van der Waals surface area contributed by atoms with Gasteiger partial charge in [-0.25, -0.2) is 4.79 Å². The average Bonchev–Trinajstić information content (AvgIpc) is 2.85. The number of nitrogens with one attached hydrogen (secondary N) is 1. The number of aryl methyl sites for hydroxylation is 1. The van der Waals surface area contributed by atoms with Crippen LogP contribution >= 0.6 is 11.3 Å². The van der Waals surface area contributed by atoms with Gasteiger partial charge in [0, 0.05) is 10.4 Å². The van der Waals surface area contributed by atoms with E-state index in [-0.39, 0.29) is 5.56 Å². The van der Waals surface area contributed by atoms with E-state index >= 15 is 0 Å². The minimum Gasteiger partial charge on any atom is -0.478 e. The lowest BCUT2D eigenvalue weighted by Crippen LogP contribution is -2.02. The number of carboxylic acids is 1. The Balaban J connectivity index is 2.01. The molecule has 0 spiro atoms. The Morgan fingerprint density at radius 2 is 2.00 bits per heavy atom. The highest BCUT2D eigenvalue weighted by Crippen LogP contribution is 2.27. The molecule has 4 heteroatoms. The second kappa shape index (κ2) is 4.98. The third-order valence-corrected chi connectivity index (χ3v) is 4.03. The summed E-state index contributed by atoms with van der Waals surface area (Å²) in [4.78, 5) is 11.3. The first-order valence-corrected chi connectivity index (χ1v) is 7.10. The summed E-state index contributed by atoms with van der Waals surface area (Å²) in [7, 11) is 0. The van der Waals surface area contributed by atoms with Crippen molar-refractivity contribution in [2.45, 2.75) is 6.92 Å². The molecule has 0 bridgehead atoms. The number of fused-ring (bicyclic) bond motifs is 1. The largest absolute Gasteiger partial charge is 0.478 e. The quantitative estimate of drug-likeness (QED) is 0.735. The molecule has 0 saturated heterocycles. The lowest BCUT2D eigenvalue weighted by molar-refractivity contribution is 0.0698. The zero-order valence-electron chi connectivity index (χ0n) is 10.9. The van der Waals surface area contributed by atoms with Crippen molar-refractivity contribution in [2.75, 3.05) is 5.32 Å². The maximum atomic E-state index is 11.3. The van der Waals surface area contributed by atoms with Crippen molar-refractivity contribution in [3.63, 3.8) is 0 Å². The Labute approximate surface area is 120 Å². The topological polar surface area (TPSA) is 49.3 Å². The van der Waals surface area contributed by atoms with Crippen molar-refractivity contribution in [3.8, 4) is 0 Å². The van der Waals surface area contributed by atoms with Crippen molar-refractivity contribution >= 4 is 38.8 Å². The molecule has 0 aliphatic carbocycles. The van der Waals surface area contributed by atoms with Gasteiger partial charge >= 0.3 is 5.97 Å². The van der Waals surface area contributed by atoms with E-state index in [0.717, 1.165) is 16.6 Å². The van der Waals surface area contributed by atoms with Gasteiger partial charge in [0.25, 0.3) is 0 Å². The predicted molar refractivity (Wildman–Crippen MR) is 83.2 cm³/mol. The van der Waals surface area contributed by atoms with Crippen LogP contribution in [0, 0.1) is 6.92 Å². The van der Waals surface area contributed by atoms with Crippen molar-refractivity contribution in [1.29, 1.82) is 0 Å². The molecule has 0 aliphatic rings. The molecule has 0 radical (unpaired) electrons. The first kappa shape index (κ1) is 12.7. The molecule has 0 amide bonds. The fraction of sp³-hybridized carbons (Fsp3) is 0.0625. The standard InChI is InChI=1S/C16H13NO2S/c1-10-2-4-13(16(18)19)14(8-10)17-12-3-5-15-11(9-12)6-7-20-15/h2-9,17H,1H3,(H,18,19). The molecular weight excluding hydrogens is 270 g/mol. The van der Waals surface area contributed by atoms with E-state index in [9.17, 15) is 9.90 Å². The Hall–Kier alpha value is -2.33. The minimum atomic E-state index is -0.927. The van der Waals surface area contributed by atoms with Gasteiger partial charge in [-0.15, -0.1) is 11.3 Å². The van der Waals surface area contributed by atoms with Gasteiger partial charge < -0.3 is 10.4 Å². The highest BCUT2D eigenvalue weighted by atomic mass is 32.1. The van der Waals surface area contributed by atoms with Gasteiger partial charge in [-0.1, -0.05) is 6.07 Å². The third-order valence-electron chi connectivity index (χ3n) is 3.14. The van der Waals surface area contributed by atoms with Crippen LogP contribution in [0.25, 0.3) is 10.1 Å². The van der Waals surface area contributed by atoms with Crippen LogP contribution in [-0.4, -0.2) is 11.1 Å². The van der Waals surface area contributed by atoms with Crippen molar-refractivity contribution in [2.24, 2.45) is 0 Å². The lowest BCUT2D eigenvalue weighted by atomic mass is 10.1. The van der Waals surface area contributed by atoms with E-state index < -0.39 is 5.97 Å². The van der Waals surface area contributed by atoms with Gasteiger partial charge in [0.1, 0.15) is 0 Å². The SMILES string of the molecule is Cc1ccc(C(=O)O)c(Nc2ccc3sccc3c2)c1. The molecule has 3 rings (SSSR count). The van der Waals surface area contributed by atoms with Crippen molar-refractivity contribution in [1.82, 2.24) is 0 Å². The number of hydrogen-bond donors (Lipinski definition) is 2. The molecule has 1 aromatic heterocycles. The van der Waals surface area contributed by atoms with Crippen LogP contribution in [-0.2, 0) is 0 Å². The molecule has 2 aromatic carbocycles. The Morgan fingerprint density at radius 1 is 1.15 bits per heavy atom. The van der Waals surface area contributed by atoms with Crippen LogP contribution in [0.3, 0.4) is 0 Å². The Kier molecular flexibility index (Phi) is 3.16. The fourth-order valence-corrected chi connectivity index (χ4v) is 2.92. The molecule has 20 heavy (non-hydrogen) atoms. The molecule has 1 heterocycles. The maximum Gasteiger partial charge on any atom is 0.337 e. The number of benzene rings is 2. The minimum absolute atomic E-state index is 0.279. The molecule has 3 nitrogen and oxygen atoms in total. The molecule has 0 unspecified atom stereocenters. The summed E-state index contributed by atoms with van der Waals surface area (Å²) in [6.45, 7) is 1.94. The van der Waals surface area contributed by atoms with E-state index in [1.54, 1.807) is 23.5 Å². The highest BCUT2D eigenvalue weighted by molar-refractivity contribution is 7.17. The normalized spacial score (nSPS) is 10.7. The third kappa shape index (κ3) is 2.38. The number of aromatic carboxylic acids is 1. The Bertz CT molecular complexity index is 792. The molecule has 2 N–H and O–H groups in total. The molecular formula is C16H13NO2S. The zero-order valence-corrected chi connectivity index (χ0v) is 11.7. The monoisotopic (exact) mass is 283 g/mol. The predicted octanol–water partition coefficient (Wildman–Crippen LogP) is 4.65. The second-order valence-electron chi connectivity index (χ2n) is 4.65. The summed E-state index contributed by atoms with van der Waals surface area (Å²) in [5, 5.41) is 15.6. The van der Waals surface area contributed by atoms with E-state index in [0.29, 0.717) is 5.69 Å². The van der Waals surface area contributed by atoms with Crippen LogP contribution in [0.2, 0.25) is 0 Å². The number of carbonyl (C=O) groups is 1. The molecule has 0 atom stereocenters. The maximum absolute atomic E-state index is 11.3. The van der Waals surface area contributed by atoms with E-state index in [1.165, 1.54) is 4.70 Å². The number of rotatable bonds is 3. The summed E-state index contributed by atoms with van der Waals surface area (Å²) < 4.78 is 1.22. The average molecular weight is 283 g/mol. The summed E-state index contributed by atoms with van der Waals surface area (Å²) >= 11 is 1.69. The number of hydrogen-bond acceptors (Lipinski definition) is 3. The van der Waals surface area contributed by atoms with Crippen molar-refractivity contribution in [3.05, 3.63) is 59.0 Å². The highest BCUT2D eigenvalue weighted by Gasteiger charge is 2.10. The van der Waals surface area contributed by atoms with Crippen LogP contribution in [0.4, 0.5) is 11.4 Å². The van der Waals surface area contributed by atoms with Gasteiger partial charge in [0.05, 0.1) is 11.3 Å². The molecule has 0 aliphatic heterocycles. The molecule has 100 valence electrons. The summed E-state index contributed by atoms with van der Waals surface area (Å²) in [6.07, 6.45) is 0. The van der Waals surface area contributed by atoms with E-state index in [2.05, 4.69) is 11.4 Å². The number of anilines is 2. The summed E-state index contributed by atoms with van der Waals surface area (Å²) in [5.74, 6) is -0.927. The Morgan fingerprint density at radius 3 is 2.80 bits per heavy atom. The molecule has 3 aromatic rings. The fourth-order valence-electron chi connectivity index (χ4n) is 2.15. The second-order valence-corrected chi connectivity index (χ2v) is 5.60. The van der Waals surface area contributed by atoms with Crippen LogP contribution in [0.5, 0.6) is 0 Å². The molecule has 0 saturated carbocycles. The van der Waals surface area contributed by atoms with Gasteiger partial charge in [-0.2, -0.15) is 0 Å². The number of carboxylic acid groups (broad SMARTS) is 1. The van der Waals surface area contributed by atoms with Gasteiger partial charge in [0.2, 0.25) is 0 Å². The van der Waals surface area contributed by atoms with Crippen LogP contribution in [0.1, 0.15) is 15.9 Å². The smallest absolute Gasteiger partial charge is 0.337 e. The molecule has 0 fully saturated rings. The zero-order chi connectivity index (χ0) is 14.1.